The summed E-state index contributed by atoms with van der Waals surface area (Å²) in [5, 5.41) is 37.6. The van der Waals surface area contributed by atoms with E-state index in [1.807, 2.05) is 0 Å². The number of alkyl halides is 1. The number of halogens is 1. The van der Waals surface area contributed by atoms with E-state index in [1.54, 1.807) is 0 Å². The number of hydrogen-bond acceptors (Lipinski definition) is 16. The van der Waals surface area contributed by atoms with Crippen molar-refractivity contribution in [3.05, 3.63) is 51.6 Å². The van der Waals surface area contributed by atoms with Gasteiger partial charge >= 0.3 is 0 Å². The highest BCUT2D eigenvalue weighted by molar-refractivity contribution is 14.1. The Morgan fingerprint density at radius 3 is 2.46 bits per heavy atom. The fourth-order valence-electron chi connectivity index (χ4n) is 8.23. The molecule has 2 aromatic carbocycles. The molecule has 5 aliphatic rings. The lowest BCUT2D eigenvalue weighted by atomic mass is 9.72. The molecule has 19 heteroatoms. The number of phenolic OH excluding ortho intramolecular Hbond substituents is 2. The number of ether oxygens (including phenoxy) is 6. The van der Waals surface area contributed by atoms with E-state index < -0.39 is 107 Å². The molecule has 3 aliphatic heterocycles. The first-order valence-electron chi connectivity index (χ1n) is 19.4. The molecule has 3 heterocycles. The molecule has 17 nitrogen and oxygen atoms in total. The van der Waals surface area contributed by atoms with Crippen LogP contribution < -0.4 is 10.1 Å². The number of methoxy groups -OCH3 is 1. The Labute approximate surface area is 357 Å². The predicted molar refractivity (Wildman–Crippen MR) is 215 cm³/mol. The van der Waals surface area contributed by atoms with Gasteiger partial charge < -0.3 is 49.1 Å². The van der Waals surface area contributed by atoms with Crippen LogP contribution in [0.25, 0.3) is 0 Å². The molecule has 0 saturated carbocycles. The Morgan fingerprint density at radius 1 is 0.983 bits per heavy atom. The van der Waals surface area contributed by atoms with Crippen molar-refractivity contribution < 1.29 is 72.5 Å². The monoisotopic (exact) mass is 952 g/mol. The van der Waals surface area contributed by atoms with E-state index in [4.69, 9.17) is 28.4 Å². The van der Waals surface area contributed by atoms with Crippen LogP contribution in [0.2, 0.25) is 0 Å². The van der Waals surface area contributed by atoms with Crippen LogP contribution in [0, 0.1) is 0 Å². The third-order valence-electron chi connectivity index (χ3n) is 11.2. The van der Waals surface area contributed by atoms with Crippen LogP contribution in [-0.4, -0.2) is 129 Å². The number of amides is 3. The van der Waals surface area contributed by atoms with Crippen LogP contribution in [0.3, 0.4) is 0 Å². The molecule has 3 amide bonds. The maximum atomic E-state index is 14.0. The van der Waals surface area contributed by atoms with Gasteiger partial charge in [0.05, 0.1) is 47.9 Å². The number of aliphatic hydroxyl groups is 1. The van der Waals surface area contributed by atoms with Gasteiger partial charge in [-0.2, -0.15) is 12.6 Å². The number of fused-ring (bicyclic) bond motifs is 3. The SMILES string of the molecule is COc1cccc2c1C(=O)c1c(O)c3c(c(O)c1C2=O)C[C@@](O)(C(=O)COC1CCCC(COCC(=O)NCCN2C(=O)CC(S)C2=O)O1)C[C@@H]3O[C@H]1CCC[C@H](I)O1. The Morgan fingerprint density at radius 2 is 1.73 bits per heavy atom. The topological polar surface area (TPSA) is 234 Å². The molecule has 3 saturated heterocycles. The zero-order valence-electron chi connectivity index (χ0n) is 32.1. The van der Waals surface area contributed by atoms with Crippen molar-refractivity contribution in [3.8, 4) is 17.2 Å². The van der Waals surface area contributed by atoms with Gasteiger partial charge in [0.25, 0.3) is 0 Å². The van der Waals surface area contributed by atoms with Gasteiger partial charge in [-0.25, -0.2) is 0 Å². The first-order valence-corrected chi connectivity index (χ1v) is 21.2. The number of Topliss-reactive ketones (excluding diaryl/α,β-unsaturated/α-hetero) is 1. The molecule has 4 N–H and O–H groups in total. The molecular formula is C40H45IN2O15S. The smallest absolute Gasteiger partial charge is 0.246 e. The highest BCUT2D eigenvalue weighted by Crippen LogP contribution is 2.52. The number of thiol groups is 1. The number of ketones is 3. The minimum atomic E-state index is -2.22. The number of aromatic hydroxyl groups is 2. The summed E-state index contributed by atoms with van der Waals surface area (Å²) in [6.07, 6.45) is -0.631. The molecule has 7 rings (SSSR count). The lowest BCUT2D eigenvalue weighted by Gasteiger charge is -2.41. The number of carbonyl (C=O) groups is 6. The number of rotatable bonds is 14. The van der Waals surface area contributed by atoms with Gasteiger partial charge in [0.15, 0.2) is 24.1 Å². The molecule has 2 aliphatic carbocycles. The number of carbonyl (C=O) groups excluding carboxylic acids is 6. The third kappa shape index (κ3) is 8.88. The summed E-state index contributed by atoms with van der Waals surface area (Å²) >= 11 is 6.21. The van der Waals surface area contributed by atoms with Gasteiger partial charge in [0.2, 0.25) is 23.5 Å². The van der Waals surface area contributed by atoms with Crippen LogP contribution >= 0.6 is 35.2 Å². The second kappa shape index (κ2) is 18.1. The number of imide groups is 1. The average molecular weight is 953 g/mol. The quantitative estimate of drug-likeness (QED) is 0.0514. The summed E-state index contributed by atoms with van der Waals surface area (Å²) in [7, 11) is 1.34. The van der Waals surface area contributed by atoms with E-state index in [1.165, 1.54) is 25.3 Å². The molecule has 3 fully saturated rings. The van der Waals surface area contributed by atoms with Gasteiger partial charge in [0.1, 0.15) is 40.2 Å². The van der Waals surface area contributed by atoms with Gasteiger partial charge in [0, 0.05) is 49.0 Å². The van der Waals surface area contributed by atoms with Crippen molar-refractivity contribution in [3.63, 3.8) is 0 Å². The summed E-state index contributed by atoms with van der Waals surface area (Å²) in [5.74, 6) is -4.61. The van der Waals surface area contributed by atoms with E-state index in [0.717, 1.165) is 17.7 Å². The minimum absolute atomic E-state index is 0.0250. The lowest BCUT2D eigenvalue weighted by Crippen LogP contribution is -2.49. The molecule has 0 bridgehead atoms. The van der Waals surface area contributed by atoms with Crippen LogP contribution in [-0.2, 0) is 49.3 Å². The van der Waals surface area contributed by atoms with Gasteiger partial charge in [-0.3, -0.25) is 33.7 Å². The van der Waals surface area contributed by atoms with E-state index in [0.29, 0.717) is 25.7 Å². The molecule has 7 atom stereocenters. The maximum Gasteiger partial charge on any atom is 0.246 e. The average Bonchev–Trinajstić information content (AvgIpc) is 3.45. The Hall–Kier alpha value is -3.70. The van der Waals surface area contributed by atoms with E-state index in [-0.39, 0.29) is 70.7 Å². The molecule has 2 aromatic rings. The van der Waals surface area contributed by atoms with Crippen molar-refractivity contribution in [2.75, 3.05) is 40.0 Å². The summed E-state index contributed by atoms with van der Waals surface area (Å²) in [6.45, 7) is -0.766. The number of nitrogens with one attached hydrogen (secondary N) is 1. The van der Waals surface area contributed by atoms with Crippen molar-refractivity contribution >= 4 is 70.3 Å². The second-order valence-electron chi connectivity index (χ2n) is 15.1. The summed E-state index contributed by atoms with van der Waals surface area (Å²) in [4.78, 5) is 79.1. The standard InChI is InChI=1S/C40H45IN2O15S/c1-53-22-7-3-6-20-31(22)37(49)34-33(35(20)47)36(48)21-14-40(52,15-23(32(21)38(34)50)57-30-10-4-8-26(41)58-30)25(44)17-55-29-9-2-5-19(56-29)16-54-18-27(45)42-11-12-43-28(46)13-24(59)39(43)51/h3,6-7,19,23-24,26,29-30,48,50,52,59H,2,4-5,8-18H2,1H3,(H,42,45)/t19?,23-,24?,26+,29?,30+,40-/m0/s1. The zero-order valence-corrected chi connectivity index (χ0v) is 35.2. The van der Waals surface area contributed by atoms with Gasteiger partial charge in [-0.1, -0.05) is 34.7 Å². The highest BCUT2D eigenvalue weighted by Gasteiger charge is 2.50. The fraction of sp³-hybridized carbons (Fsp3) is 0.550. The van der Waals surface area contributed by atoms with Crippen molar-refractivity contribution in [2.24, 2.45) is 0 Å². The molecule has 59 heavy (non-hydrogen) atoms. The lowest BCUT2D eigenvalue weighted by molar-refractivity contribution is -0.215. The van der Waals surface area contributed by atoms with Crippen LogP contribution in [0.4, 0.5) is 0 Å². The predicted octanol–water partition coefficient (Wildman–Crippen LogP) is 2.58. The molecule has 0 spiro atoms. The Balaban J connectivity index is 1.01. The zero-order chi connectivity index (χ0) is 42.2. The Kier molecular flexibility index (Phi) is 13.3. The van der Waals surface area contributed by atoms with Crippen LogP contribution in [0.15, 0.2) is 18.2 Å². The molecule has 318 valence electrons. The first-order chi connectivity index (χ1) is 28.2. The first kappa shape index (κ1) is 43.4. The summed E-state index contributed by atoms with van der Waals surface area (Å²) in [6, 6.07) is 4.44. The summed E-state index contributed by atoms with van der Waals surface area (Å²) < 4.78 is 34.8. The summed E-state index contributed by atoms with van der Waals surface area (Å²) in [5.41, 5.74) is -3.37. The maximum absolute atomic E-state index is 14.0. The fourth-order valence-corrected chi connectivity index (χ4v) is 9.29. The van der Waals surface area contributed by atoms with Crippen molar-refractivity contribution in [1.82, 2.24) is 10.2 Å². The molecule has 0 radical (unpaired) electrons. The van der Waals surface area contributed by atoms with E-state index in [9.17, 15) is 44.1 Å². The minimum Gasteiger partial charge on any atom is -0.507 e. The third-order valence-corrected chi connectivity index (χ3v) is 12.5. The number of likely N-dealkylation sites (tertiary alicyclic amines) is 1. The van der Waals surface area contributed by atoms with Crippen molar-refractivity contribution in [1.29, 1.82) is 0 Å². The van der Waals surface area contributed by atoms with Gasteiger partial charge in [-0.05, 0) is 44.6 Å². The number of hydrogen-bond donors (Lipinski definition) is 5. The number of nitrogens with zero attached hydrogens (tertiary/aromatic N) is 1. The molecular weight excluding hydrogens is 907 g/mol. The second-order valence-corrected chi connectivity index (χ2v) is 17.2. The largest absolute Gasteiger partial charge is 0.507 e. The van der Waals surface area contributed by atoms with Crippen LogP contribution in [0.5, 0.6) is 17.2 Å². The van der Waals surface area contributed by atoms with Crippen molar-refractivity contribution in [2.45, 2.75) is 97.5 Å². The number of phenols is 2. The van der Waals surface area contributed by atoms with E-state index >= 15 is 0 Å². The van der Waals surface area contributed by atoms with E-state index in [2.05, 4.69) is 40.5 Å². The molecule has 0 aromatic heterocycles. The van der Waals surface area contributed by atoms with Gasteiger partial charge in [-0.15, -0.1) is 0 Å². The highest BCUT2D eigenvalue weighted by atomic mass is 127. The number of benzene rings is 2. The normalized spacial score (nSPS) is 27.9. The van der Waals surface area contributed by atoms with Crippen LogP contribution in [0.1, 0.15) is 100 Å². The molecule has 3 unspecified atom stereocenters. The Bertz CT molecular complexity index is 2050.